The topological polar surface area (TPSA) is 90.5 Å². The van der Waals surface area contributed by atoms with Crippen LogP contribution in [-0.4, -0.2) is 39.0 Å². The molecule has 33 heavy (non-hydrogen) atoms. The first kappa shape index (κ1) is 22.6. The van der Waals surface area contributed by atoms with E-state index in [2.05, 4.69) is 10.3 Å². The van der Waals surface area contributed by atoms with E-state index in [0.717, 1.165) is 16.6 Å². The van der Waals surface area contributed by atoms with Gasteiger partial charge in [0.1, 0.15) is 25.1 Å². The summed E-state index contributed by atoms with van der Waals surface area (Å²) in [5, 5.41) is 13.9. The van der Waals surface area contributed by atoms with Gasteiger partial charge in [-0.15, -0.1) is 0 Å². The van der Waals surface area contributed by atoms with Crippen LogP contribution in [-0.2, 0) is 20.6 Å². The molecule has 4 aromatic rings. The minimum Gasteiger partial charge on any atom is -0.491 e. The zero-order valence-corrected chi connectivity index (χ0v) is 18.8. The van der Waals surface area contributed by atoms with Gasteiger partial charge >= 0.3 is 5.69 Å². The molecule has 0 saturated carbocycles. The molecular weight excluding hydrogens is 420 g/mol. The van der Waals surface area contributed by atoms with Crippen molar-refractivity contribution in [3.8, 4) is 11.6 Å². The summed E-state index contributed by atoms with van der Waals surface area (Å²) in [5.41, 5.74) is 3.34. The van der Waals surface area contributed by atoms with Crippen molar-refractivity contribution in [2.24, 2.45) is 14.1 Å². The highest BCUT2D eigenvalue weighted by Crippen LogP contribution is 2.21. The molecule has 8 nitrogen and oxygen atoms in total. The lowest BCUT2D eigenvalue weighted by Gasteiger charge is -2.14. The maximum atomic E-state index is 12.1. The standard InChI is InChI=1S/C25H28N4O4/c1-28-21-11-8-19(15-22(21)29(2)25(28)31)23(30)17-33-20-9-6-18(7-10-20)16-26-13-14-32-24-5-3-4-12-27-24/h3-12,15,23,26,30H,13-14,16-17H2,1-2H3/t23-/m1/s1. The van der Waals surface area contributed by atoms with Gasteiger partial charge in [0.15, 0.2) is 0 Å². The Morgan fingerprint density at radius 2 is 1.79 bits per heavy atom. The zero-order chi connectivity index (χ0) is 23.2. The number of aryl methyl sites for hydroxylation is 2. The molecule has 0 spiro atoms. The highest BCUT2D eigenvalue weighted by atomic mass is 16.5. The summed E-state index contributed by atoms with van der Waals surface area (Å²) in [4.78, 5) is 16.2. The Morgan fingerprint density at radius 3 is 2.55 bits per heavy atom. The maximum Gasteiger partial charge on any atom is 0.328 e. The Hall–Kier alpha value is -3.62. The van der Waals surface area contributed by atoms with E-state index in [1.54, 1.807) is 29.4 Å². The summed E-state index contributed by atoms with van der Waals surface area (Å²) >= 11 is 0. The predicted molar refractivity (Wildman–Crippen MR) is 126 cm³/mol. The number of ether oxygens (including phenoxy) is 2. The number of aromatic nitrogens is 3. The van der Waals surface area contributed by atoms with E-state index < -0.39 is 6.10 Å². The summed E-state index contributed by atoms with van der Waals surface area (Å²) in [7, 11) is 3.46. The van der Waals surface area contributed by atoms with Crippen LogP contribution in [0.1, 0.15) is 17.2 Å². The van der Waals surface area contributed by atoms with Gasteiger partial charge in [-0.3, -0.25) is 9.13 Å². The summed E-state index contributed by atoms with van der Waals surface area (Å²) in [5.74, 6) is 1.31. The van der Waals surface area contributed by atoms with Gasteiger partial charge in [-0.2, -0.15) is 0 Å². The number of benzene rings is 2. The van der Waals surface area contributed by atoms with Crippen LogP contribution in [0.3, 0.4) is 0 Å². The van der Waals surface area contributed by atoms with Gasteiger partial charge in [-0.1, -0.05) is 24.3 Å². The number of nitrogens with one attached hydrogen (secondary N) is 1. The van der Waals surface area contributed by atoms with E-state index in [1.807, 2.05) is 60.7 Å². The molecular formula is C25H28N4O4. The van der Waals surface area contributed by atoms with Crippen LogP contribution in [0, 0.1) is 0 Å². The summed E-state index contributed by atoms with van der Waals surface area (Å²) in [6.45, 7) is 2.08. The van der Waals surface area contributed by atoms with Crippen molar-refractivity contribution < 1.29 is 14.6 Å². The number of imidazole rings is 1. The SMILES string of the molecule is Cn1c(=O)n(C)c2cc([C@H](O)COc3ccc(CNCCOc4ccccn4)cc3)ccc21. The second kappa shape index (κ2) is 10.3. The first-order chi connectivity index (χ1) is 16.0. The first-order valence-corrected chi connectivity index (χ1v) is 10.8. The maximum absolute atomic E-state index is 12.1. The van der Waals surface area contributed by atoms with E-state index >= 15 is 0 Å². The fraction of sp³-hybridized carbons (Fsp3) is 0.280. The largest absolute Gasteiger partial charge is 0.491 e. The summed E-state index contributed by atoms with van der Waals surface area (Å²) in [6.07, 6.45) is 0.904. The second-order valence-corrected chi connectivity index (χ2v) is 7.81. The summed E-state index contributed by atoms with van der Waals surface area (Å²) in [6, 6.07) is 18.8. The van der Waals surface area contributed by atoms with Crippen molar-refractivity contribution in [1.82, 2.24) is 19.4 Å². The molecule has 0 unspecified atom stereocenters. The molecule has 1 atom stereocenters. The van der Waals surface area contributed by atoms with Crippen LogP contribution in [0.2, 0.25) is 0 Å². The minimum absolute atomic E-state index is 0.0943. The van der Waals surface area contributed by atoms with Gasteiger partial charge in [-0.25, -0.2) is 9.78 Å². The van der Waals surface area contributed by atoms with Gasteiger partial charge in [0.05, 0.1) is 11.0 Å². The third-order valence-corrected chi connectivity index (χ3v) is 5.51. The van der Waals surface area contributed by atoms with Crippen molar-refractivity contribution in [2.45, 2.75) is 12.6 Å². The number of nitrogens with zero attached hydrogens (tertiary/aromatic N) is 3. The minimum atomic E-state index is -0.801. The Morgan fingerprint density at radius 1 is 1.00 bits per heavy atom. The Kier molecular flexibility index (Phi) is 7.07. The Labute approximate surface area is 192 Å². The Bertz CT molecular complexity index is 1250. The monoisotopic (exact) mass is 448 g/mol. The van der Waals surface area contributed by atoms with Crippen molar-refractivity contribution >= 4 is 11.0 Å². The molecule has 2 aromatic carbocycles. The van der Waals surface area contributed by atoms with E-state index in [9.17, 15) is 9.90 Å². The lowest BCUT2D eigenvalue weighted by molar-refractivity contribution is 0.108. The molecule has 2 aromatic heterocycles. The molecule has 2 N–H and O–H groups in total. The normalized spacial score (nSPS) is 12.1. The average Bonchev–Trinajstić information content (AvgIpc) is 3.07. The molecule has 0 radical (unpaired) electrons. The van der Waals surface area contributed by atoms with Gasteiger partial charge in [0.2, 0.25) is 5.88 Å². The number of aliphatic hydroxyl groups excluding tert-OH is 1. The third-order valence-electron chi connectivity index (χ3n) is 5.51. The molecule has 8 heteroatoms. The highest BCUT2D eigenvalue weighted by molar-refractivity contribution is 5.77. The smallest absolute Gasteiger partial charge is 0.328 e. The molecule has 172 valence electrons. The van der Waals surface area contributed by atoms with Crippen LogP contribution in [0.5, 0.6) is 11.6 Å². The highest BCUT2D eigenvalue weighted by Gasteiger charge is 2.13. The van der Waals surface area contributed by atoms with Gasteiger partial charge in [0, 0.05) is 39.4 Å². The average molecular weight is 449 g/mol. The number of rotatable bonds is 10. The van der Waals surface area contributed by atoms with Crippen molar-refractivity contribution in [3.05, 3.63) is 88.5 Å². The molecule has 0 fully saturated rings. The van der Waals surface area contributed by atoms with Crippen LogP contribution in [0.25, 0.3) is 11.0 Å². The molecule has 4 rings (SSSR count). The number of aliphatic hydroxyl groups is 1. The van der Waals surface area contributed by atoms with E-state index in [-0.39, 0.29) is 12.3 Å². The van der Waals surface area contributed by atoms with Gasteiger partial charge in [0.25, 0.3) is 0 Å². The Balaban J connectivity index is 1.24. The number of pyridine rings is 1. The molecule has 0 amide bonds. The van der Waals surface area contributed by atoms with Gasteiger partial charge < -0.3 is 19.9 Å². The molecule has 0 aliphatic carbocycles. The van der Waals surface area contributed by atoms with Crippen LogP contribution in [0.15, 0.2) is 71.7 Å². The number of fused-ring (bicyclic) bond motifs is 1. The van der Waals surface area contributed by atoms with Crippen LogP contribution >= 0.6 is 0 Å². The fourth-order valence-corrected chi connectivity index (χ4v) is 3.60. The molecule has 0 saturated heterocycles. The zero-order valence-electron chi connectivity index (χ0n) is 18.8. The van der Waals surface area contributed by atoms with E-state index in [0.29, 0.717) is 36.9 Å². The lowest BCUT2D eigenvalue weighted by Crippen LogP contribution is -2.20. The molecule has 0 aliphatic rings. The first-order valence-electron chi connectivity index (χ1n) is 10.8. The van der Waals surface area contributed by atoms with E-state index in [4.69, 9.17) is 9.47 Å². The fourth-order valence-electron chi connectivity index (χ4n) is 3.60. The number of hydrogen-bond donors (Lipinski definition) is 2. The van der Waals surface area contributed by atoms with Crippen molar-refractivity contribution in [2.75, 3.05) is 19.8 Å². The van der Waals surface area contributed by atoms with Gasteiger partial charge in [-0.05, 0) is 41.5 Å². The van der Waals surface area contributed by atoms with Crippen LogP contribution in [0.4, 0.5) is 0 Å². The van der Waals surface area contributed by atoms with E-state index in [1.165, 1.54) is 0 Å². The molecule has 0 aliphatic heterocycles. The lowest BCUT2D eigenvalue weighted by atomic mass is 10.1. The summed E-state index contributed by atoms with van der Waals surface area (Å²) < 4.78 is 14.5. The molecule has 0 bridgehead atoms. The van der Waals surface area contributed by atoms with Crippen LogP contribution < -0.4 is 20.5 Å². The van der Waals surface area contributed by atoms with Crippen molar-refractivity contribution in [3.63, 3.8) is 0 Å². The third kappa shape index (κ3) is 5.42. The molecule has 2 heterocycles. The predicted octanol–water partition coefficient (Wildman–Crippen LogP) is 2.55. The number of hydrogen-bond acceptors (Lipinski definition) is 6. The van der Waals surface area contributed by atoms with Crippen molar-refractivity contribution in [1.29, 1.82) is 0 Å². The quantitative estimate of drug-likeness (QED) is 0.363. The second-order valence-electron chi connectivity index (χ2n) is 7.81.